The zero-order valence-electron chi connectivity index (χ0n) is 11.1. The number of nitrogens with one attached hydrogen (secondary N) is 2. The van der Waals surface area contributed by atoms with Crippen molar-refractivity contribution in [1.29, 1.82) is 0 Å². The van der Waals surface area contributed by atoms with E-state index in [1.807, 2.05) is 13.2 Å². The summed E-state index contributed by atoms with van der Waals surface area (Å²) in [6.07, 6.45) is 5.69. The third-order valence-corrected chi connectivity index (χ3v) is 4.71. The molecule has 1 aromatic heterocycles. The van der Waals surface area contributed by atoms with Crippen molar-refractivity contribution in [3.05, 3.63) is 23.6 Å². The number of hydrogen-bond donors (Lipinski definition) is 2. The highest BCUT2D eigenvalue weighted by molar-refractivity contribution is 8.00. The van der Waals surface area contributed by atoms with Crippen LogP contribution in [0.15, 0.2) is 12.3 Å². The van der Waals surface area contributed by atoms with E-state index in [1.54, 1.807) is 11.8 Å². The molecule has 0 saturated heterocycles. The van der Waals surface area contributed by atoms with E-state index in [9.17, 15) is 9.18 Å². The van der Waals surface area contributed by atoms with E-state index in [1.165, 1.54) is 12.3 Å². The van der Waals surface area contributed by atoms with Gasteiger partial charge in [-0.25, -0.2) is 9.37 Å². The standard InChI is InChI=1S/C13H18FN3OS/c1-3-15-11-10(14)9(4-7-16-11)12(18)17-8-13(19-2)5-6-13/h4,7H,3,5-6,8H2,1-2H3,(H,15,16)(H,17,18). The molecule has 104 valence electrons. The van der Waals surface area contributed by atoms with Crippen LogP contribution in [0.5, 0.6) is 0 Å². The number of amides is 1. The summed E-state index contributed by atoms with van der Waals surface area (Å²) in [5, 5.41) is 5.60. The molecule has 0 spiro atoms. The monoisotopic (exact) mass is 283 g/mol. The van der Waals surface area contributed by atoms with Gasteiger partial charge in [-0.05, 0) is 32.1 Å². The van der Waals surface area contributed by atoms with Crippen LogP contribution in [-0.2, 0) is 0 Å². The molecule has 0 aliphatic heterocycles. The lowest BCUT2D eigenvalue weighted by Crippen LogP contribution is -2.32. The quantitative estimate of drug-likeness (QED) is 0.841. The molecular weight excluding hydrogens is 265 g/mol. The van der Waals surface area contributed by atoms with Crippen molar-refractivity contribution < 1.29 is 9.18 Å². The summed E-state index contributed by atoms with van der Waals surface area (Å²) < 4.78 is 14.2. The normalized spacial score (nSPS) is 15.9. The lowest BCUT2D eigenvalue weighted by molar-refractivity contribution is 0.0949. The van der Waals surface area contributed by atoms with Gasteiger partial charge in [-0.2, -0.15) is 11.8 Å². The number of aromatic nitrogens is 1. The Bertz CT molecular complexity index is 477. The van der Waals surface area contributed by atoms with Gasteiger partial charge >= 0.3 is 0 Å². The average molecular weight is 283 g/mol. The van der Waals surface area contributed by atoms with Crippen LogP contribution in [0.25, 0.3) is 0 Å². The molecule has 2 rings (SSSR count). The zero-order chi connectivity index (χ0) is 13.9. The molecule has 0 unspecified atom stereocenters. The molecule has 4 nitrogen and oxygen atoms in total. The van der Waals surface area contributed by atoms with E-state index in [-0.39, 0.29) is 22.0 Å². The maximum absolute atomic E-state index is 14.0. The molecular formula is C13H18FN3OS. The summed E-state index contributed by atoms with van der Waals surface area (Å²) >= 11 is 1.76. The predicted molar refractivity (Wildman–Crippen MR) is 76.2 cm³/mol. The van der Waals surface area contributed by atoms with Crippen LogP contribution in [0, 0.1) is 5.82 Å². The van der Waals surface area contributed by atoms with Crippen molar-refractivity contribution in [3.8, 4) is 0 Å². The van der Waals surface area contributed by atoms with Gasteiger partial charge < -0.3 is 10.6 Å². The van der Waals surface area contributed by atoms with Crippen LogP contribution >= 0.6 is 11.8 Å². The third-order valence-electron chi connectivity index (χ3n) is 3.29. The van der Waals surface area contributed by atoms with Gasteiger partial charge in [0.1, 0.15) is 0 Å². The first kappa shape index (κ1) is 14.1. The number of rotatable bonds is 6. The molecule has 2 N–H and O–H groups in total. The molecule has 0 atom stereocenters. The largest absolute Gasteiger partial charge is 0.368 e. The summed E-state index contributed by atoms with van der Waals surface area (Å²) in [6, 6.07) is 1.41. The van der Waals surface area contributed by atoms with Crippen molar-refractivity contribution in [1.82, 2.24) is 10.3 Å². The number of pyridine rings is 1. The number of thioether (sulfide) groups is 1. The summed E-state index contributed by atoms with van der Waals surface area (Å²) in [4.78, 5) is 15.9. The minimum atomic E-state index is -0.587. The van der Waals surface area contributed by atoms with Gasteiger partial charge in [-0.1, -0.05) is 0 Å². The molecule has 1 aliphatic rings. The Kier molecular flexibility index (Phi) is 4.29. The van der Waals surface area contributed by atoms with E-state index in [4.69, 9.17) is 0 Å². The van der Waals surface area contributed by atoms with Gasteiger partial charge in [-0.15, -0.1) is 0 Å². The van der Waals surface area contributed by atoms with Crippen molar-refractivity contribution >= 4 is 23.5 Å². The Hall–Kier alpha value is -1.30. The summed E-state index contributed by atoms with van der Waals surface area (Å²) in [6.45, 7) is 3.00. The predicted octanol–water partition coefficient (Wildman–Crippen LogP) is 2.28. The lowest BCUT2D eigenvalue weighted by atomic mass is 10.2. The number of anilines is 1. The molecule has 6 heteroatoms. The molecule has 1 heterocycles. The van der Waals surface area contributed by atoms with Crippen molar-refractivity contribution in [2.45, 2.75) is 24.5 Å². The van der Waals surface area contributed by atoms with Crippen molar-refractivity contribution in [2.24, 2.45) is 0 Å². The highest BCUT2D eigenvalue weighted by Crippen LogP contribution is 2.46. The number of hydrogen-bond acceptors (Lipinski definition) is 4. The van der Waals surface area contributed by atoms with Crippen molar-refractivity contribution in [2.75, 3.05) is 24.7 Å². The SMILES string of the molecule is CCNc1nccc(C(=O)NCC2(SC)CC2)c1F. The van der Waals surface area contributed by atoms with Crippen LogP contribution in [-0.4, -0.2) is 35.0 Å². The second-order valence-electron chi connectivity index (χ2n) is 4.62. The first-order chi connectivity index (χ1) is 9.12. The average Bonchev–Trinajstić information content (AvgIpc) is 3.19. The minimum absolute atomic E-state index is 0.0443. The van der Waals surface area contributed by atoms with Crippen LogP contribution in [0.3, 0.4) is 0 Å². The fourth-order valence-electron chi connectivity index (χ4n) is 1.84. The molecule has 1 aliphatic carbocycles. The molecule has 1 amide bonds. The van der Waals surface area contributed by atoms with Crippen LogP contribution in [0.4, 0.5) is 10.2 Å². The minimum Gasteiger partial charge on any atom is -0.368 e. The van der Waals surface area contributed by atoms with Gasteiger partial charge in [0.15, 0.2) is 11.6 Å². The summed E-state index contributed by atoms with van der Waals surface area (Å²) in [5.41, 5.74) is 0.0443. The van der Waals surface area contributed by atoms with E-state index in [0.29, 0.717) is 13.1 Å². The Morgan fingerprint density at radius 3 is 2.89 bits per heavy atom. The topological polar surface area (TPSA) is 54.0 Å². The van der Waals surface area contributed by atoms with Gasteiger partial charge in [0, 0.05) is 24.0 Å². The van der Waals surface area contributed by atoms with Gasteiger partial charge in [0.25, 0.3) is 5.91 Å². The smallest absolute Gasteiger partial charge is 0.254 e. The van der Waals surface area contributed by atoms with E-state index >= 15 is 0 Å². The van der Waals surface area contributed by atoms with E-state index in [0.717, 1.165) is 12.8 Å². The second kappa shape index (κ2) is 5.77. The molecule has 0 radical (unpaired) electrons. The van der Waals surface area contributed by atoms with Gasteiger partial charge in [0.05, 0.1) is 5.56 Å². The van der Waals surface area contributed by atoms with Crippen LogP contribution in [0.2, 0.25) is 0 Å². The fraction of sp³-hybridized carbons (Fsp3) is 0.538. The molecule has 19 heavy (non-hydrogen) atoms. The fourth-order valence-corrected chi connectivity index (χ4v) is 2.57. The molecule has 0 bridgehead atoms. The van der Waals surface area contributed by atoms with Crippen LogP contribution in [0.1, 0.15) is 30.1 Å². The molecule has 0 aromatic carbocycles. The van der Waals surface area contributed by atoms with Crippen molar-refractivity contribution in [3.63, 3.8) is 0 Å². The van der Waals surface area contributed by atoms with Gasteiger partial charge in [0.2, 0.25) is 0 Å². The highest BCUT2D eigenvalue weighted by Gasteiger charge is 2.42. The molecule has 1 fully saturated rings. The Morgan fingerprint density at radius 2 is 2.32 bits per heavy atom. The number of carbonyl (C=O) groups excluding carboxylic acids is 1. The van der Waals surface area contributed by atoms with E-state index in [2.05, 4.69) is 15.6 Å². The second-order valence-corrected chi connectivity index (χ2v) is 5.90. The summed E-state index contributed by atoms with van der Waals surface area (Å²) in [7, 11) is 0. The maximum atomic E-state index is 14.0. The molecule has 1 saturated carbocycles. The lowest BCUT2D eigenvalue weighted by Gasteiger charge is -2.14. The molecule has 1 aromatic rings. The first-order valence-corrected chi connectivity index (χ1v) is 7.56. The maximum Gasteiger partial charge on any atom is 0.254 e. The number of carbonyl (C=O) groups is 1. The number of halogens is 1. The third kappa shape index (κ3) is 3.18. The van der Waals surface area contributed by atoms with E-state index < -0.39 is 5.82 Å². The highest BCUT2D eigenvalue weighted by atomic mass is 32.2. The van der Waals surface area contributed by atoms with Gasteiger partial charge in [-0.3, -0.25) is 4.79 Å². The number of nitrogens with zero attached hydrogens (tertiary/aromatic N) is 1. The summed E-state index contributed by atoms with van der Waals surface area (Å²) in [5.74, 6) is -0.837. The Labute approximate surface area is 116 Å². The zero-order valence-corrected chi connectivity index (χ0v) is 11.9. The first-order valence-electron chi connectivity index (χ1n) is 6.33. The van der Waals surface area contributed by atoms with Crippen LogP contribution < -0.4 is 10.6 Å². The Morgan fingerprint density at radius 1 is 1.58 bits per heavy atom. The Balaban J connectivity index is 2.04.